The summed E-state index contributed by atoms with van der Waals surface area (Å²) in [6, 6.07) is 0. The molecule has 0 rings (SSSR count). The minimum absolute atomic E-state index is 0.176. The molecule has 0 unspecified atom stereocenters. The lowest BCUT2D eigenvalue weighted by Crippen LogP contribution is -1.92. The van der Waals surface area contributed by atoms with Crippen LogP contribution >= 0.6 is 7.82 Å². The Hall–Kier alpha value is -0.680. The molecule has 0 aromatic carbocycles. The van der Waals surface area contributed by atoms with Gasteiger partial charge in [0.05, 0.1) is 0 Å². The maximum atomic E-state index is 9.60. The van der Waals surface area contributed by atoms with E-state index in [2.05, 4.69) is 6.58 Å². The van der Waals surface area contributed by atoms with Crippen LogP contribution in [0.2, 0.25) is 0 Å². The largest absolute Gasteiger partial charge is 0.497 e. The zero-order chi connectivity index (χ0) is 9.65. The molecule has 0 aromatic rings. The van der Waals surface area contributed by atoms with Crippen molar-refractivity contribution >= 4 is 13.8 Å². The Bertz CT molecular complexity index is 170. The first-order chi connectivity index (χ1) is 4.64. The Morgan fingerprint density at radius 2 is 1.55 bits per heavy atom. The Morgan fingerprint density at radius 1 is 1.45 bits per heavy atom. The molecule has 6 nitrogen and oxygen atoms in total. The minimum atomic E-state index is -4.89. The molecule has 0 atom stereocenters. The Morgan fingerprint density at radius 3 is 1.55 bits per heavy atom. The lowest BCUT2D eigenvalue weighted by Gasteiger charge is -1.79. The summed E-state index contributed by atoms with van der Waals surface area (Å²) >= 11 is 0. The summed E-state index contributed by atoms with van der Waals surface area (Å²) < 4.78 is 8.77. The highest BCUT2D eigenvalue weighted by atomic mass is 31.2. The third-order valence-corrected chi connectivity index (χ3v) is 0.365. The fraction of sp³-hybridized carbons (Fsp3) is 0.250. The van der Waals surface area contributed by atoms with Crippen molar-refractivity contribution in [2.75, 3.05) is 0 Å². The van der Waals surface area contributed by atoms with E-state index in [4.69, 9.17) is 24.4 Å². The van der Waals surface area contributed by atoms with Gasteiger partial charge < -0.3 is 14.9 Å². The molecular weight excluding hydrogens is 175 g/mol. The predicted molar refractivity (Wildman–Crippen MR) is 35.2 cm³/mol. The molecule has 0 aliphatic rings. The molecule has 65 valence electrons. The van der Waals surface area contributed by atoms with E-state index in [1.165, 1.54) is 6.92 Å². The molecular formula is C4H8O6P. The Labute approximate surface area is 63.0 Å². The summed E-state index contributed by atoms with van der Waals surface area (Å²) in [5.74, 6) is -0.935. The lowest BCUT2D eigenvalue weighted by atomic mass is 10.4. The van der Waals surface area contributed by atoms with E-state index >= 15 is 0 Å². The monoisotopic (exact) mass is 183 g/mol. The standard InChI is InChI=1S/C4H6O2.H2O4P/c1-3(2)4(5)6;1-5(2,3)4/h1H2,2H3,(H,5,6);(H2,1,2,3). The van der Waals surface area contributed by atoms with Gasteiger partial charge in [-0.1, -0.05) is 6.58 Å². The number of aliphatic carboxylic acids is 1. The first kappa shape index (κ1) is 12.9. The van der Waals surface area contributed by atoms with E-state index < -0.39 is 13.8 Å². The van der Waals surface area contributed by atoms with Gasteiger partial charge in [-0.25, -0.2) is 9.36 Å². The van der Waals surface area contributed by atoms with Crippen LogP contribution in [-0.4, -0.2) is 20.9 Å². The van der Waals surface area contributed by atoms with Gasteiger partial charge >= 0.3 is 13.8 Å². The van der Waals surface area contributed by atoms with Crippen molar-refractivity contribution in [2.24, 2.45) is 0 Å². The molecule has 0 aliphatic carbocycles. The zero-order valence-electron chi connectivity index (χ0n) is 5.72. The first-order valence-corrected chi connectivity index (χ1v) is 3.83. The van der Waals surface area contributed by atoms with Gasteiger partial charge in [0.2, 0.25) is 0 Å². The average molecular weight is 183 g/mol. The van der Waals surface area contributed by atoms with Gasteiger partial charge in [-0.15, -0.1) is 4.89 Å². The molecule has 7 heteroatoms. The van der Waals surface area contributed by atoms with Crippen LogP contribution in [0.15, 0.2) is 12.2 Å². The molecule has 0 saturated carbocycles. The number of rotatable bonds is 1. The van der Waals surface area contributed by atoms with Gasteiger partial charge in [-0.05, 0) is 6.92 Å². The Kier molecular flexibility index (Phi) is 5.93. The van der Waals surface area contributed by atoms with Gasteiger partial charge in [-0.2, -0.15) is 0 Å². The van der Waals surface area contributed by atoms with Crippen LogP contribution in [0.4, 0.5) is 0 Å². The third-order valence-electron chi connectivity index (χ3n) is 0.365. The van der Waals surface area contributed by atoms with Crippen LogP contribution < -0.4 is 0 Å². The molecule has 0 aromatic heterocycles. The molecule has 3 N–H and O–H groups in total. The van der Waals surface area contributed by atoms with Crippen LogP contribution in [0.5, 0.6) is 0 Å². The lowest BCUT2D eigenvalue weighted by molar-refractivity contribution is -0.132. The fourth-order valence-corrected chi connectivity index (χ4v) is 0. The van der Waals surface area contributed by atoms with Crippen LogP contribution in [0, 0.1) is 0 Å². The van der Waals surface area contributed by atoms with E-state index in [0.29, 0.717) is 0 Å². The minimum Gasteiger partial charge on any atom is -0.478 e. The first-order valence-electron chi connectivity index (χ1n) is 2.30. The van der Waals surface area contributed by atoms with Crippen LogP contribution in [-0.2, 0) is 14.3 Å². The van der Waals surface area contributed by atoms with Gasteiger partial charge in [-0.3, -0.25) is 0 Å². The quantitative estimate of drug-likeness (QED) is 0.395. The van der Waals surface area contributed by atoms with Crippen molar-refractivity contribution in [3.63, 3.8) is 0 Å². The van der Waals surface area contributed by atoms with E-state index in [9.17, 15) is 4.79 Å². The molecule has 11 heavy (non-hydrogen) atoms. The summed E-state index contributed by atoms with van der Waals surface area (Å²) in [5.41, 5.74) is 0.176. The van der Waals surface area contributed by atoms with Gasteiger partial charge in [0, 0.05) is 5.57 Å². The fourth-order valence-electron chi connectivity index (χ4n) is 0. The third kappa shape index (κ3) is 45.3. The van der Waals surface area contributed by atoms with Gasteiger partial charge in [0.15, 0.2) is 0 Å². The molecule has 1 radical (unpaired) electrons. The van der Waals surface area contributed by atoms with E-state index in [1.54, 1.807) is 0 Å². The maximum Gasteiger partial charge on any atom is 0.497 e. The predicted octanol–water partition coefficient (Wildman–Crippen LogP) is 0.157. The van der Waals surface area contributed by atoms with E-state index in [1.807, 2.05) is 0 Å². The highest BCUT2D eigenvalue weighted by Gasteiger charge is 2.04. The van der Waals surface area contributed by atoms with Gasteiger partial charge in [0.1, 0.15) is 0 Å². The van der Waals surface area contributed by atoms with Gasteiger partial charge in [0.25, 0.3) is 0 Å². The van der Waals surface area contributed by atoms with Crippen molar-refractivity contribution in [1.29, 1.82) is 0 Å². The molecule has 0 fully saturated rings. The molecule has 0 heterocycles. The van der Waals surface area contributed by atoms with Crippen molar-refractivity contribution in [2.45, 2.75) is 6.92 Å². The number of carboxylic acid groups (broad SMARTS) is 1. The summed E-state index contributed by atoms with van der Waals surface area (Å²) in [6.45, 7) is 4.60. The zero-order valence-corrected chi connectivity index (χ0v) is 6.62. The molecule has 0 spiro atoms. The number of carboxylic acids is 1. The number of hydrogen-bond donors (Lipinski definition) is 3. The highest BCUT2D eigenvalue weighted by Crippen LogP contribution is 2.27. The second-order valence-corrected chi connectivity index (χ2v) is 2.56. The summed E-state index contributed by atoms with van der Waals surface area (Å²) in [7, 11) is -4.89. The maximum absolute atomic E-state index is 9.60. The second-order valence-electron chi connectivity index (χ2n) is 1.58. The van der Waals surface area contributed by atoms with Crippen LogP contribution in [0.1, 0.15) is 6.92 Å². The summed E-state index contributed by atoms with van der Waals surface area (Å²) in [6.07, 6.45) is 0. The normalized spacial score (nSPS) is 9.45. The summed E-state index contributed by atoms with van der Waals surface area (Å²) in [5, 5.41) is 7.89. The molecule has 0 amide bonds. The van der Waals surface area contributed by atoms with Crippen molar-refractivity contribution in [3.05, 3.63) is 12.2 Å². The van der Waals surface area contributed by atoms with Crippen molar-refractivity contribution in [1.82, 2.24) is 0 Å². The number of hydrogen-bond acceptors (Lipinski definition) is 2. The topological polar surface area (TPSA) is 115 Å². The highest BCUT2D eigenvalue weighted by molar-refractivity contribution is 7.44. The summed E-state index contributed by atoms with van der Waals surface area (Å²) in [4.78, 5) is 32.5. The molecule has 0 aliphatic heterocycles. The van der Waals surface area contributed by atoms with E-state index in [-0.39, 0.29) is 5.57 Å². The van der Waals surface area contributed by atoms with Crippen LogP contribution in [0.25, 0.3) is 0 Å². The van der Waals surface area contributed by atoms with Crippen LogP contribution in [0.3, 0.4) is 0 Å². The molecule has 0 saturated heterocycles. The van der Waals surface area contributed by atoms with E-state index in [0.717, 1.165) is 0 Å². The van der Waals surface area contributed by atoms with Crippen molar-refractivity contribution < 1.29 is 29.1 Å². The molecule has 0 bridgehead atoms. The second kappa shape index (κ2) is 5.03. The number of carbonyl (C=O) groups is 1. The smallest absolute Gasteiger partial charge is 0.478 e. The van der Waals surface area contributed by atoms with Crippen molar-refractivity contribution in [3.8, 4) is 0 Å². The average Bonchev–Trinajstić information content (AvgIpc) is 1.59. The SMILES string of the molecule is C=C(C)C(=O)O.[O]P(=O)(O)O. The Balaban J connectivity index is 0.